The minimum Gasteiger partial charge on any atom is -0.344 e. The number of carbonyl (C=O) groups excluding carboxylic acids is 1. The predicted octanol–water partition coefficient (Wildman–Crippen LogP) is 1.17. The Balaban J connectivity index is 1.81. The van der Waals surface area contributed by atoms with Crippen LogP contribution in [0.15, 0.2) is 0 Å². The number of nitrogens with zero attached hydrogens (tertiary/aromatic N) is 2. The molecule has 2 rings (SSSR count). The van der Waals surface area contributed by atoms with Gasteiger partial charge in [-0.25, -0.2) is 0 Å². The van der Waals surface area contributed by atoms with Crippen LogP contribution < -0.4 is 5.32 Å². The Kier molecular flexibility index (Phi) is 5.22. The third-order valence-corrected chi connectivity index (χ3v) is 4.78. The summed E-state index contributed by atoms with van der Waals surface area (Å²) in [5.41, 5.74) is 0. The number of piperidine rings is 2. The molecule has 2 atom stereocenters. The summed E-state index contributed by atoms with van der Waals surface area (Å²) in [7, 11) is 4.16. The molecule has 0 saturated carbocycles. The minimum atomic E-state index is 0.0463. The van der Waals surface area contributed by atoms with E-state index in [1.54, 1.807) is 0 Å². The van der Waals surface area contributed by atoms with Crippen LogP contribution in [0.5, 0.6) is 0 Å². The van der Waals surface area contributed by atoms with E-state index in [1.165, 1.54) is 38.8 Å². The maximum atomic E-state index is 12.5. The number of amides is 1. The van der Waals surface area contributed by atoms with Crippen LogP contribution in [-0.4, -0.2) is 62.0 Å². The minimum absolute atomic E-state index is 0.0463. The van der Waals surface area contributed by atoms with Crippen LogP contribution in [0.4, 0.5) is 0 Å². The molecule has 0 aromatic heterocycles. The SMILES string of the molecule is CC1CCCNC1C(=O)N(C)CC1CCN(C)CC1. The summed E-state index contributed by atoms with van der Waals surface area (Å²) in [6.45, 7) is 6.45. The van der Waals surface area contributed by atoms with Crippen LogP contribution in [0.1, 0.15) is 32.6 Å². The van der Waals surface area contributed by atoms with Gasteiger partial charge in [0, 0.05) is 13.6 Å². The van der Waals surface area contributed by atoms with Crippen molar-refractivity contribution in [3.8, 4) is 0 Å². The molecule has 1 amide bonds. The summed E-state index contributed by atoms with van der Waals surface area (Å²) in [4.78, 5) is 16.8. The van der Waals surface area contributed by atoms with Gasteiger partial charge in [0.1, 0.15) is 0 Å². The number of nitrogens with one attached hydrogen (secondary N) is 1. The van der Waals surface area contributed by atoms with E-state index in [0.29, 0.717) is 17.7 Å². The molecule has 2 fully saturated rings. The summed E-state index contributed by atoms with van der Waals surface area (Å²) in [5.74, 6) is 1.45. The molecule has 0 aromatic carbocycles. The molecular formula is C15H29N3O. The summed E-state index contributed by atoms with van der Waals surface area (Å²) in [5, 5.41) is 3.39. The molecule has 0 aromatic rings. The molecule has 2 aliphatic rings. The number of rotatable bonds is 3. The largest absolute Gasteiger partial charge is 0.344 e. The van der Waals surface area contributed by atoms with Crippen LogP contribution in [0, 0.1) is 11.8 Å². The van der Waals surface area contributed by atoms with Crippen molar-refractivity contribution in [3.05, 3.63) is 0 Å². The van der Waals surface area contributed by atoms with Gasteiger partial charge >= 0.3 is 0 Å². The number of hydrogen-bond acceptors (Lipinski definition) is 3. The van der Waals surface area contributed by atoms with Crippen molar-refractivity contribution in [1.29, 1.82) is 0 Å². The van der Waals surface area contributed by atoms with E-state index in [4.69, 9.17) is 0 Å². The van der Waals surface area contributed by atoms with Gasteiger partial charge in [-0.15, -0.1) is 0 Å². The van der Waals surface area contributed by atoms with E-state index in [2.05, 4.69) is 24.2 Å². The third kappa shape index (κ3) is 3.93. The Morgan fingerprint density at radius 2 is 2.00 bits per heavy atom. The molecule has 2 aliphatic heterocycles. The highest BCUT2D eigenvalue weighted by molar-refractivity contribution is 5.82. The van der Waals surface area contributed by atoms with E-state index < -0.39 is 0 Å². The lowest BCUT2D eigenvalue weighted by Gasteiger charge is -2.35. The van der Waals surface area contributed by atoms with Gasteiger partial charge < -0.3 is 15.1 Å². The molecule has 0 aliphatic carbocycles. The smallest absolute Gasteiger partial charge is 0.239 e. The van der Waals surface area contributed by atoms with Gasteiger partial charge in [-0.05, 0) is 64.2 Å². The van der Waals surface area contributed by atoms with Gasteiger partial charge in [0.2, 0.25) is 5.91 Å². The predicted molar refractivity (Wildman–Crippen MR) is 78.0 cm³/mol. The van der Waals surface area contributed by atoms with Crippen molar-refractivity contribution < 1.29 is 4.79 Å². The first-order valence-corrected chi connectivity index (χ1v) is 7.75. The van der Waals surface area contributed by atoms with Gasteiger partial charge in [-0.2, -0.15) is 0 Å². The lowest BCUT2D eigenvalue weighted by molar-refractivity contribution is -0.134. The fraction of sp³-hybridized carbons (Fsp3) is 0.933. The van der Waals surface area contributed by atoms with Crippen molar-refractivity contribution in [2.24, 2.45) is 11.8 Å². The first kappa shape index (κ1) is 14.8. The van der Waals surface area contributed by atoms with E-state index >= 15 is 0 Å². The van der Waals surface area contributed by atoms with E-state index in [0.717, 1.165) is 13.1 Å². The molecule has 0 bridgehead atoms. The maximum Gasteiger partial charge on any atom is 0.239 e. The summed E-state index contributed by atoms with van der Waals surface area (Å²) >= 11 is 0. The fourth-order valence-electron chi connectivity index (χ4n) is 3.34. The van der Waals surface area contributed by atoms with Crippen molar-refractivity contribution in [2.75, 3.05) is 40.3 Å². The summed E-state index contributed by atoms with van der Waals surface area (Å²) in [6, 6.07) is 0.0463. The maximum absolute atomic E-state index is 12.5. The van der Waals surface area contributed by atoms with E-state index in [9.17, 15) is 4.79 Å². The monoisotopic (exact) mass is 267 g/mol. The highest BCUT2D eigenvalue weighted by Gasteiger charge is 2.30. The fourth-order valence-corrected chi connectivity index (χ4v) is 3.34. The second-order valence-electron chi connectivity index (χ2n) is 6.52. The highest BCUT2D eigenvalue weighted by Crippen LogP contribution is 2.20. The zero-order valence-corrected chi connectivity index (χ0v) is 12.7. The van der Waals surface area contributed by atoms with Crippen LogP contribution >= 0.6 is 0 Å². The van der Waals surface area contributed by atoms with E-state index in [-0.39, 0.29) is 6.04 Å². The van der Waals surface area contributed by atoms with Crippen LogP contribution in [0.25, 0.3) is 0 Å². The summed E-state index contributed by atoms with van der Waals surface area (Å²) < 4.78 is 0. The molecule has 0 radical (unpaired) electrons. The Morgan fingerprint density at radius 3 is 2.63 bits per heavy atom. The second kappa shape index (κ2) is 6.71. The Labute approximate surface area is 117 Å². The summed E-state index contributed by atoms with van der Waals surface area (Å²) in [6.07, 6.45) is 4.82. The van der Waals surface area contributed by atoms with Gasteiger partial charge in [0.25, 0.3) is 0 Å². The lowest BCUT2D eigenvalue weighted by atomic mass is 9.91. The van der Waals surface area contributed by atoms with E-state index in [1.807, 2.05) is 11.9 Å². The second-order valence-corrected chi connectivity index (χ2v) is 6.52. The average Bonchev–Trinajstić information content (AvgIpc) is 2.41. The van der Waals surface area contributed by atoms with Crippen molar-refractivity contribution in [1.82, 2.24) is 15.1 Å². The molecule has 2 saturated heterocycles. The molecule has 2 heterocycles. The number of hydrogen-bond donors (Lipinski definition) is 1. The van der Waals surface area contributed by atoms with Gasteiger partial charge in [-0.1, -0.05) is 6.92 Å². The van der Waals surface area contributed by atoms with Gasteiger partial charge in [0.15, 0.2) is 0 Å². The first-order valence-electron chi connectivity index (χ1n) is 7.75. The molecule has 4 heteroatoms. The normalized spacial score (nSPS) is 30.3. The van der Waals surface area contributed by atoms with Crippen LogP contribution in [0.2, 0.25) is 0 Å². The lowest BCUT2D eigenvalue weighted by Crippen LogP contribution is -2.52. The molecule has 110 valence electrons. The van der Waals surface area contributed by atoms with Crippen molar-refractivity contribution >= 4 is 5.91 Å². The van der Waals surface area contributed by atoms with Gasteiger partial charge in [0.05, 0.1) is 6.04 Å². The molecule has 19 heavy (non-hydrogen) atoms. The zero-order valence-electron chi connectivity index (χ0n) is 12.7. The quantitative estimate of drug-likeness (QED) is 0.834. The third-order valence-electron chi connectivity index (χ3n) is 4.78. The Hall–Kier alpha value is -0.610. The number of likely N-dealkylation sites (N-methyl/N-ethyl adjacent to an activating group) is 1. The standard InChI is InChI=1S/C15H29N3O/c1-12-5-4-8-16-14(12)15(19)18(3)11-13-6-9-17(2)10-7-13/h12-14,16H,4-11H2,1-3H3. The first-order chi connectivity index (χ1) is 9.08. The topological polar surface area (TPSA) is 35.6 Å². The zero-order chi connectivity index (χ0) is 13.8. The number of carbonyl (C=O) groups is 1. The molecular weight excluding hydrogens is 238 g/mol. The Bertz CT molecular complexity index is 300. The molecule has 2 unspecified atom stereocenters. The molecule has 4 nitrogen and oxygen atoms in total. The molecule has 1 N–H and O–H groups in total. The Morgan fingerprint density at radius 1 is 1.32 bits per heavy atom. The number of likely N-dealkylation sites (tertiary alicyclic amines) is 1. The van der Waals surface area contributed by atoms with Crippen LogP contribution in [0.3, 0.4) is 0 Å². The van der Waals surface area contributed by atoms with Crippen LogP contribution in [-0.2, 0) is 4.79 Å². The van der Waals surface area contributed by atoms with Crippen molar-refractivity contribution in [2.45, 2.75) is 38.6 Å². The highest BCUT2D eigenvalue weighted by atomic mass is 16.2. The van der Waals surface area contributed by atoms with Crippen molar-refractivity contribution in [3.63, 3.8) is 0 Å². The average molecular weight is 267 g/mol. The molecule has 0 spiro atoms. The van der Waals surface area contributed by atoms with Gasteiger partial charge in [-0.3, -0.25) is 4.79 Å².